The van der Waals surface area contributed by atoms with Crippen LogP contribution in [-0.2, 0) is 12.3 Å². The molecule has 0 bridgehead atoms. The summed E-state index contributed by atoms with van der Waals surface area (Å²) in [5.74, 6) is 0.165. The Morgan fingerprint density at radius 1 is 1.24 bits per heavy atom. The molecule has 0 unspecified atom stereocenters. The summed E-state index contributed by atoms with van der Waals surface area (Å²) in [6, 6.07) is 11.7. The van der Waals surface area contributed by atoms with Crippen LogP contribution < -0.4 is 5.56 Å². The minimum absolute atomic E-state index is 0.0215. The molecule has 0 aliphatic carbocycles. The van der Waals surface area contributed by atoms with Gasteiger partial charge in [-0.15, -0.1) is 0 Å². The Kier molecular flexibility index (Phi) is 5.76. The third-order valence-electron chi connectivity index (χ3n) is 3.93. The lowest BCUT2D eigenvalue weighted by Crippen LogP contribution is -2.23. The standard InChI is InChI=1S/C19H18ClFN2OS/c1-2-3-10-23-18(24)15-6-4-5-7-17(15)22-19(23)25-12-13-8-9-14(21)11-16(13)20/h4-9,11H,2-3,10,12H2,1H3. The Hall–Kier alpha value is -1.85. The molecule has 130 valence electrons. The average Bonchev–Trinajstić information content (AvgIpc) is 2.60. The monoisotopic (exact) mass is 376 g/mol. The highest BCUT2D eigenvalue weighted by Crippen LogP contribution is 2.27. The van der Waals surface area contributed by atoms with E-state index in [-0.39, 0.29) is 11.4 Å². The van der Waals surface area contributed by atoms with Gasteiger partial charge in [-0.1, -0.05) is 54.9 Å². The maximum atomic E-state index is 13.2. The van der Waals surface area contributed by atoms with E-state index in [2.05, 4.69) is 11.9 Å². The third kappa shape index (κ3) is 4.05. The van der Waals surface area contributed by atoms with Crippen molar-refractivity contribution in [2.45, 2.75) is 37.2 Å². The molecule has 3 aromatic rings. The van der Waals surface area contributed by atoms with Crippen LogP contribution in [0.15, 0.2) is 52.4 Å². The van der Waals surface area contributed by atoms with Crippen LogP contribution in [0.4, 0.5) is 4.39 Å². The predicted molar refractivity (Wildman–Crippen MR) is 102 cm³/mol. The van der Waals surface area contributed by atoms with Gasteiger partial charge in [-0.2, -0.15) is 0 Å². The van der Waals surface area contributed by atoms with E-state index in [1.807, 2.05) is 18.2 Å². The number of aromatic nitrogens is 2. The van der Waals surface area contributed by atoms with Crippen LogP contribution in [0, 0.1) is 5.82 Å². The van der Waals surface area contributed by atoms with E-state index < -0.39 is 0 Å². The zero-order valence-corrected chi connectivity index (χ0v) is 15.4. The summed E-state index contributed by atoms with van der Waals surface area (Å²) in [6.07, 6.45) is 1.90. The number of hydrogen-bond acceptors (Lipinski definition) is 3. The van der Waals surface area contributed by atoms with Gasteiger partial charge in [0.1, 0.15) is 5.82 Å². The molecule has 0 atom stereocenters. The zero-order chi connectivity index (χ0) is 17.8. The number of para-hydroxylation sites is 1. The Bertz CT molecular complexity index is 958. The highest BCUT2D eigenvalue weighted by atomic mass is 35.5. The van der Waals surface area contributed by atoms with Gasteiger partial charge in [0.15, 0.2) is 5.16 Å². The molecule has 6 heteroatoms. The van der Waals surface area contributed by atoms with Crippen molar-refractivity contribution in [3.05, 3.63) is 69.2 Å². The lowest BCUT2D eigenvalue weighted by molar-refractivity contribution is 0.557. The van der Waals surface area contributed by atoms with E-state index in [0.29, 0.717) is 33.4 Å². The Balaban J connectivity index is 1.97. The second-order valence-electron chi connectivity index (χ2n) is 5.75. The van der Waals surface area contributed by atoms with Crippen LogP contribution in [0.1, 0.15) is 25.3 Å². The Morgan fingerprint density at radius 3 is 2.80 bits per heavy atom. The molecule has 3 nitrogen and oxygen atoms in total. The molecule has 2 aromatic carbocycles. The van der Waals surface area contributed by atoms with E-state index in [9.17, 15) is 9.18 Å². The molecular formula is C19H18ClFN2OS. The molecule has 0 saturated heterocycles. The topological polar surface area (TPSA) is 34.9 Å². The molecule has 3 rings (SSSR count). The number of rotatable bonds is 6. The Morgan fingerprint density at radius 2 is 2.04 bits per heavy atom. The average molecular weight is 377 g/mol. The first kappa shape index (κ1) is 18.0. The molecule has 25 heavy (non-hydrogen) atoms. The zero-order valence-electron chi connectivity index (χ0n) is 13.8. The smallest absolute Gasteiger partial charge is 0.262 e. The molecule has 0 N–H and O–H groups in total. The van der Waals surface area contributed by atoms with Crippen LogP contribution in [0.5, 0.6) is 0 Å². The molecule has 0 spiro atoms. The summed E-state index contributed by atoms with van der Waals surface area (Å²) >= 11 is 7.55. The fraction of sp³-hybridized carbons (Fsp3) is 0.263. The van der Waals surface area contributed by atoms with E-state index in [1.54, 1.807) is 16.7 Å². The van der Waals surface area contributed by atoms with Gasteiger partial charge >= 0.3 is 0 Å². The van der Waals surface area contributed by atoms with E-state index in [0.717, 1.165) is 18.4 Å². The first-order chi connectivity index (χ1) is 12.1. The van der Waals surface area contributed by atoms with Crippen molar-refractivity contribution < 1.29 is 4.39 Å². The van der Waals surface area contributed by atoms with Gasteiger partial charge < -0.3 is 0 Å². The predicted octanol–water partition coefficient (Wildman–Crippen LogP) is 5.28. The van der Waals surface area contributed by atoms with Crippen LogP contribution in [0.3, 0.4) is 0 Å². The van der Waals surface area contributed by atoms with Gasteiger partial charge in [0.2, 0.25) is 0 Å². The summed E-state index contributed by atoms with van der Waals surface area (Å²) in [4.78, 5) is 17.5. The van der Waals surface area contributed by atoms with E-state index in [4.69, 9.17) is 11.6 Å². The van der Waals surface area contributed by atoms with Crippen molar-refractivity contribution in [2.75, 3.05) is 0 Å². The quantitative estimate of drug-likeness (QED) is 0.433. The summed E-state index contributed by atoms with van der Waals surface area (Å²) in [6.45, 7) is 2.72. The van der Waals surface area contributed by atoms with Crippen molar-refractivity contribution in [2.24, 2.45) is 0 Å². The fourth-order valence-corrected chi connectivity index (χ4v) is 3.89. The van der Waals surface area contributed by atoms with E-state index in [1.165, 1.54) is 23.9 Å². The van der Waals surface area contributed by atoms with Crippen molar-refractivity contribution in [1.82, 2.24) is 9.55 Å². The minimum Gasteiger partial charge on any atom is -0.287 e. The summed E-state index contributed by atoms with van der Waals surface area (Å²) < 4.78 is 14.9. The number of unbranched alkanes of at least 4 members (excludes halogenated alkanes) is 1. The van der Waals surface area contributed by atoms with Gasteiger partial charge in [0, 0.05) is 17.3 Å². The van der Waals surface area contributed by atoms with Crippen LogP contribution >= 0.6 is 23.4 Å². The SMILES string of the molecule is CCCCn1c(SCc2ccc(F)cc2Cl)nc2ccccc2c1=O. The van der Waals surface area contributed by atoms with Crippen LogP contribution in [0.2, 0.25) is 5.02 Å². The maximum absolute atomic E-state index is 13.2. The highest BCUT2D eigenvalue weighted by molar-refractivity contribution is 7.98. The van der Waals surface area contributed by atoms with Gasteiger partial charge in [-0.25, -0.2) is 9.37 Å². The second kappa shape index (κ2) is 8.02. The lowest BCUT2D eigenvalue weighted by Gasteiger charge is -2.13. The molecule has 0 amide bonds. The van der Waals surface area contributed by atoms with Crippen molar-refractivity contribution in [1.29, 1.82) is 0 Å². The second-order valence-corrected chi connectivity index (χ2v) is 7.10. The molecular weight excluding hydrogens is 359 g/mol. The maximum Gasteiger partial charge on any atom is 0.262 e. The number of nitrogens with zero attached hydrogens (tertiary/aromatic N) is 2. The number of thioether (sulfide) groups is 1. The molecule has 1 heterocycles. The molecule has 0 aliphatic heterocycles. The van der Waals surface area contributed by atoms with Crippen molar-refractivity contribution in [3.63, 3.8) is 0 Å². The normalized spacial score (nSPS) is 11.2. The number of halogens is 2. The van der Waals surface area contributed by atoms with Crippen molar-refractivity contribution >= 4 is 34.3 Å². The minimum atomic E-state index is -0.359. The number of hydrogen-bond donors (Lipinski definition) is 0. The van der Waals surface area contributed by atoms with Crippen LogP contribution in [0.25, 0.3) is 10.9 Å². The Labute approximate surface area is 154 Å². The molecule has 0 radical (unpaired) electrons. The molecule has 1 aromatic heterocycles. The van der Waals surface area contributed by atoms with E-state index >= 15 is 0 Å². The molecule has 0 saturated carbocycles. The van der Waals surface area contributed by atoms with Crippen molar-refractivity contribution in [3.8, 4) is 0 Å². The summed E-state index contributed by atoms with van der Waals surface area (Å²) in [5.41, 5.74) is 1.48. The van der Waals surface area contributed by atoms with Gasteiger partial charge in [0.05, 0.1) is 10.9 Å². The first-order valence-corrected chi connectivity index (χ1v) is 9.53. The van der Waals surface area contributed by atoms with Crippen LogP contribution in [-0.4, -0.2) is 9.55 Å². The first-order valence-electron chi connectivity index (χ1n) is 8.16. The third-order valence-corrected chi connectivity index (χ3v) is 5.31. The number of benzene rings is 2. The number of fused-ring (bicyclic) bond motifs is 1. The largest absolute Gasteiger partial charge is 0.287 e. The summed E-state index contributed by atoms with van der Waals surface area (Å²) in [5, 5.41) is 1.68. The highest BCUT2D eigenvalue weighted by Gasteiger charge is 2.12. The lowest BCUT2D eigenvalue weighted by atomic mass is 10.2. The summed E-state index contributed by atoms with van der Waals surface area (Å²) in [7, 11) is 0. The van der Waals surface area contributed by atoms with Gasteiger partial charge in [0.25, 0.3) is 5.56 Å². The molecule has 0 aliphatic rings. The van der Waals surface area contributed by atoms with Gasteiger partial charge in [-0.3, -0.25) is 9.36 Å². The fourth-order valence-electron chi connectivity index (χ4n) is 2.55. The van der Waals surface area contributed by atoms with Gasteiger partial charge in [-0.05, 0) is 36.2 Å². The molecule has 0 fully saturated rings.